The molecule has 0 unspecified atom stereocenters. The van der Waals surface area contributed by atoms with Crippen molar-refractivity contribution in [3.8, 4) is 34.3 Å². The number of carbonyl (C=O) groups excluding carboxylic acids is 1. The summed E-state index contributed by atoms with van der Waals surface area (Å²) in [6.07, 6.45) is 6.73. The maximum Gasteiger partial charge on any atom is 0.253 e. The lowest BCUT2D eigenvalue weighted by atomic mass is 10.0. The molecule has 4 aromatic heterocycles. The fraction of sp³-hybridized carbons (Fsp3) is 0.167. The predicted molar refractivity (Wildman–Crippen MR) is 177 cm³/mol. The van der Waals surface area contributed by atoms with E-state index >= 15 is 0 Å². The molecule has 1 saturated heterocycles. The summed E-state index contributed by atoms with van der Waals surface area (Å²) in [6.45, 7) is 2.57. The minimum Gasteiger partial charge on any atom is -0.383 e. The number of rotatable bonds is 7. The Morgan fingerprint density at radius 1 is 0.913 bits per heavy atom. The highest BCUT2D eigenvalue weighted by atomic mass is 16.1. The van der Waals surface area contributed by atoms with E-state index in [2.05, 4.69) is 62.6 Å². The average molecular weight is 606 g/mol. The number of nitrogen functional groups attached to an aromatic ring is 1. The van der Waals surface area contributed by atoms with Gasteiger partial charge in [-0.05, 0) is 66.4 Å². The van der Waals surface area contributed by atoms with Gasteiger partial charge in [-0.1, -0.05) is 42.5 Å². The third-order valence-electron chi connectivity index (χ3n) is 8.35. The number of nitriles is 1. The standard InChI is InChI=1S/C36H31N9O/c37-20-29-11-10-26(21-40-29)36(46)42-28-14-17-44(18-15-28)23-24-8-12-30(13-9-24)45-34(31-7-4-16-39-33(31)38)43-32-19-27(22-41-35(32)45)25-5-2-1-3-6-25/h1-13,16,19,21-22,28H,14-15,17-18,23H2,(H2,38,39)(H,42,46). The van der Waals surface area contributed by atoms with Gasteiger partial charge < -0.3 is 11.1 Å². The quantitative estimate of drug-likeness (QED) is 0.247. The zero-order valence-electron chi connectivity index (χ0n) is 25.0. The van der Waals surface area contributed by atoms with E-state index < -0.39 is 0 Å². The molecule has 7 rings (SSSR count). The van der Waals surface area contributed by atoms with E-state index in [1.165, 1.54) is 11.8 Å². The van der Waals surface area contributed by atoms with Crippen LogP contribution in [0.3, 0.4) is 0 Å². The van der Waals surface area contributed by atoms with Gasteiger partial charge in [0.25, 0.3) is 5.91 Å². The van der Waals surface area contributed by atoms with Crippen molar-refractivity contribution in [3.63, 3.8) is 0 Å². The summed E-state index contributed by atoms with van der Waals surface area (Å²) in [5.74, 6) is 0.940. The van der Waals surface area contributed by atoms with Crippen molar-refractivity contribution in [2.24, 2.45) is 0 Å². The summed E-state index contributed by atoms with van der Waals surface area (Å²) in [7, 11) is 0. The Balaban J connectivity index is 1.07. The van der Waals surface area contributed by atoms with E-state index in [0.717, 1.165) is 66.0 Å². The summed E-state index contributed by atoms with van der Waals surface area (Å²) < 4.78 is 2.04. The van der Waals surface area contributed by atoms with Crippen molar-refractivity contribution in [1.82, 2.24) is 34.7 Å². The molecule has 46 heavy (non-hydrogen) atoms. The Hall–Kier alpha value is -5.92. The maximum atomic E-state index is 12.6. The first-order chi connectivity index (χ1) is 22.6. The molecule has 10 heteroatoms. The number of nitrogens with two attached hydrogens (primary N) is 1. The molecule has 3 N–H and O–H groups in total. The molecular weight excluding hydrogens is 574 g/mol. The molecule has 0 atom stereocenters. The summed E-state index contributed by atoms with van der Waals surface area (Å²) in [4.78, 5) is 33.2. The van der Waals surface area contributed by atoms with Crippen LogP contribution in [0.2, 0.25) is 0 Å². The van der Waals surface area contributed by atoms with Crippen molar-refractivity contribution in [3.05, 3.63) is 120 Å². The highest BCUT2D eigenvalue weighted by Gasteiger charge is 2.22. The van der Waals surface area contributed by atoms with Crippen LogP contribution in [0.15, 0.2) is 104 Å². The number of benzene rings is 2. The van der Waals surface area contributed by atoms with Crippen LogP contribution >= 0.6 is 0 Å². The van der Waals surface area contributed by atoms with Crippen molar-refractivity contribution >= 4 is 22.9 Å². The molecule has 5 heterocycles. The molecule has 226 valence electrons. The van der Waals surface area contributed by atoms with Crippen molar-refractivity contribution < 1.29 is 4.79 Å². The second kappa shape index (κ2) is 12.6. The normalized spacial score (nSPS) is 13.8. The van der Waals surface area contributed by atoms with Crippen LogP contribution in [0.4, 0.5) is 5.82 Å². The number of nitrogens with one attached hydrogen (secondary N) is 1. The Labute approximate surface area is 266 Å². The summed E-state index contributed by atoms with van der Waals surface area (Å²) in [5, 5.41) is 12.0. The van der Waals surface area contributed by atoms with Gasteiger partial charge in [0.2, 0.25) is 0 Å². The number of anilines is 1. The number of hydrogen-bond donors (Lipinski definition) is 2. The zero-order chi connectivity index (χ0) is 31.5. The highest BCUT2D eigenvalue weighted by molar-refractivity contribution is 5.94. The molecule has 6 aromatic rings. The smallest absolute Gasteiger partial charge is 0.253 e. The number of hydrogen-bond acceptors (Lipinski definition) is 8. The topological polar surface area (TPSA) is 139 Å². The molecule has 1 aliphatic rings. The van der Waals surface area contributed by atoms with Gasteiger partial charge in [0.1, 0.15) is 23.1 Å². The number of likely N-dealkylation sites (tertiary alicyclic amines) is 1. The number of nitrogens with zero attached hydrogens (tertiary/aromatic N) is 7. The SMILES string of the molecule is N#Cc1ccc(C(=O)NC2CCN(Cc3ccc(-n4c(-c5cccnc5N)nc5cc(-c6ccccc6)cnc54)cc3)CC2)cn1. The highest BCUT2D eigenvalue weighted by Crippen LogP contribution is 2.32. The number of carbonyl (C=O) groups is 1. The van der Waals surface area contributed by atoms with Crippen molar-refractivity contribution in [2.45, 2.75) is 25.4 Å². The molecule has 0 radical (unpaired) electrons. The van der Waals surface area contributed by atoms with Crippen LogP contribution < -0.4 is 11.1 Å². The Kier molecular flexibility index (Phi) is 7.89. The van der Waals surface area contributed by atoms with Crippen molar-refractivity contribution in [2.75, 3.05) is 18.8 Å². The Morgan fingerprint density at radius 3 is 2.43 bits per heavy atom. The minimum atomic E-state index is -0.156. The zero-order valence-corrected chi connectivity index (χ0v) is 25.0. The van der Waals surface area contributed by atoms with Crippen LogP contribution in [0.25, 0.3) is 39.4 Å². The largest absolute Gasteiger partial charge is 0.383 e. The molecule has 0 spiro atoms. The van der Waals surface area contributed by atoms with E-state index in [4.69, 9.17) is 21.0 Å². The van der Waals surface area contributed by atoms with E-state index in [1.54, 1.807) is 18.3 Å². The fourth-order valence-corrected chi connectivity index (χ4v) is 5.89. The second-order valence-corrected chi connectivity index (χ2v) is 11.4. The number of fused-ring (bicyclic) bond motifs is 1. The third kappa shape index (κ3) is 5.92. The molecule has 0 bridgehead atoms. The van der Waals surface area contributed by atoms with E-state index in [9.17, 15) is 4.79 Å². The van der Waals surface area contributed by atoms with Crippen LogP contribution in [-0.4, -0.2) is 54.4 Å². The van der Waals surface area contributed by atoms with Crippen LogP contribution in [0.5, 0.6) is 0 Å². The van der Waals surface area contributed by atoms with Crippen LogP contribution in [-0.2, 0) is 6.54 Å². The van der Waals surface area contributed by atoms with Gasteiger partial charge in [0.15, 0.2) is 11.5 Å². The van der Waals surface area contributed by atoms with E-state index in [0.29, 0.717) is 22.9 Å². The monoisotopic (exact) mass is 605 g/mol. The van der Waals surface area contributed by atoms with Gasteiger partial charge >= 0.3 is 0 Å². The Bertz CT molecular complexity index is 2040. The fourth-order valence-electron chi connectivity index (χ4n) is 5.89. The van der Waals surface area contributed by atoms with Gasteiger partial charge in [-0.25, -0.2) is 19.9 Å². The summed E-state index contributed by atoms with van der Waals surface area (Å²) >= 11 is 0. The van der Waals surface area contributed by atoms with Crippen LogP contribution in [0.1, 0.15) is 34.5 Å². The lowest BCUT2D eigenvalue weighted by Crippen LogP contribution is -2.44. The Morgan fingerprint density at radius 2 is 1.72 bits per heavy atom. The molecule has 0 aliphatic carbocycles. The van der Waals surface area contributed by atoms with Crippen LogP contribution in [0, 0.1) is 11.3 Å². The first kappa shape index (κ1) is 28.8. The molecular formula is C36H31N9O. The molecule has 10 nitrogen and oxygen atoms in total. The van der Waals surface area contributed by atoms with Gasteiger partial charge in [-0.3, -0.25) is 14.3 Å². The van der Waals surface area contributed by atoms with Gasteiger partial charge in [-0.2, -0.15) is 5.26 Å². The molecule has 1 aliphatic heterocycles. The van der Waals surface area contributed by atoms with E-state index in [-0.39, 0.29) is 11.9 Å². The molecule has 0 saturated carbocycles. The first-order valence-corrected chi connectivity index (χ1v) is 15.2. The molecule has 1 fully saturated rings. The number of piperidine rings is 1. The predicted octanol–water partition coefficient (Wildman–Crippen LogP) is 5.39. The first-order valence-electron chi connectivity index (χ1n) is 15.2. The lowest BCUT2D eigenvalue weighted by molar-refractivity contribution is 0.0908. The number of aromatic nitrogens is 5. The molecule has 1 amide bonds. The average Bonchev–Trinajstić information content (AvgIpc) is 3.48. The van der Waals surface area contributed by atoms with Gasteiger partial charge in [-0.15, -0.1) is 0 Å². The maximum absolute atomic E-state index is 12.6. The summed E-state index contributed by atoms with van der Waals surface area (Å²) in [6, 6.07) is 29.7. The minimum absolute atomic E-state index is 0.101. The molecule has 2 aromatic carbocycles. The number of imidazole rings is 1. The van der Waals surface area contributed by atoms with Gasteiger partial charge in [0.05, 0.1) is 11.1 Å². The number of pyridine rings is 3. The number of amides is 1. The van der Waals surface area contributed by atoms with Crippen molar-refractivity contribution in [1.29, 1.82) is 5.26 Å². The summed E-state index contributed by atoms with van der Waals surface area (Å²) in [5.41, 5.74) is 13.5. The third-order valence-corrected chi connectivity index (χ3v) is 8.35. The van der Waals surface area contributed by atoms with E-state index in [1.807, 2.05) is 47.2 Å². The second-order valence-electron chi connectivity index (χ2n) is 11.4. The van der Waals surface area contributed by atoms with Gasteiger partial charge in [0, 0.05) is 55.5 Å². The lowest BCUT2D eigenvalue weighted by Gasteiger charge is -2.32.